The monoisotopic (exact) mass is 254 g/mol. The van der Waals surface area contributed by atoms with Crippen molar-refractivity contribution < 1.29 is 9.53 Å². The third-order valence-corrected chi connectivity index (χ3v) is 4.24. The van der Waals surface area contributed by atoms with Crippen LogP contribution in [0.2, 0.25) is 0 Å². The Kier molecular flexibility index (Phi) is 3.66. The van der Waals surface area contributed by atoms with Crippen molar-refractivity contribution in [3.8, 4) is 0 Å². The Morgan fingerprint density at radius 3 is 2.82 bits per heavy atom. The molecule has 5 heteroatoms. The summed E-state index contributed by atoms with van der Waals surface area (Å²) in [5.74, 6) is -0.311. The number of carbonyl (C=O) groups excluding carboxylic acids is 1. The Balaban J connectivity index is 2.14. The standard InChI is InChI=1S/C12H18N2O2S/c1-4-16-11(15)10-8(2)17-12(13-10)14(3)9-6-5-7-9/h9H,4-7H2,1-3H3. The summed E-state index contributed by atoms with van der Waals surface area (Å²) in [6.45, 7) is 4.12. The predicted molar refractivity (Wildman–Crippen MR) is 68.8 cm³/mol. The van der Waals surface area contributed by atoms with Crippen LogP contribution in [0.1, 0.15) is 41.6 Å². The van der Waals surface area contributed by atoms with E-state index in [0.717, 1.165) is 10.0 Å². The number of nitrogens with zero attached hydrogens (tertiary/aromatic N) is 2. The molecule has 1 saturated carbocycles. The van der Waals surface area contributed by atoms with Crippen LogP contribution in [0.4, 0.5) is 5.13 Å². The van der Waals surface area contributed by atoms with Gasteiger partial charge in [-0.1, -0.05) is 0 Å². The van der Waals surface area contributed by atoms with E-state index < -0.39 is 0 Å². The molecule has 0 atom stereocenters. The second-order valence-corrected chi connectivity index (χ2v) is 5.50. The maximum absolute atomic E-state index is 11.7. The highest BCUT2D eigenvalue weighted by Gasteiger charge is 2.26. The van der Waals surface area contributed by atoms with Crippen LogP contribution in [0.15, 0.2) is 0 Å². The SMILES string of the molecule is CCOC(=O)c1nc(N(C)C2CCC2)sc1C. The average molecular weight is 254 g/mol. The summed E-state index contributed by atoms with van der Waals surface area (Å²) in [6, 6.07) is 0.593. The molecule has 0 aromatic carbocycles. The number of aryl methyl sites for hydroxylation is 1. The first-order valence-corrected chi connectivity index (χ1v) is 6.82. The Labute approximate surface area is 106 Å². The molecule has 1 aromatic rings. The van der Waals surface area contributed by atoms with Crippen LogP contribution in [-0.2, 0) is 4.74 Å². The number of carbonyl (C=O) groups is 1. The maximum atomic E-state index is 11.7. The molecule has 1 aliphatic carbocycles. The van der Waals surface area contributed by atoms with Crippen molar-refractivity contribution in [2.45, 2.75) is 39.2 Å². The minimum atomic E-state index is -0.311. The molecular weight excluding hydrogens is 236 g/mol. The number of ether oxygens (including phenoxy) is 1. The van der Waals surface area contributed by atoms with E-state index in [2.05, 4.69) is 16.9 Å². The number of esters is 1. The van der Waals surface area contributed by atoms with E-state index in [1.807, 2.05) is 6.92 Å². The van der Waals surface area contributed by atoms with Crippen LogP contribution in [0.25, 0.3) is 0 Å². The number of aromatic nitrogens is 1. The molecule has 94 valence electrons. The van der Waals surface area contributed by atoms with E-state index in [4.69, 9.17) is 4.74 Å². The van der Waals surface area contributed by atoms with Crippen molar-refractivity contribution in [2.24, 2.45) is 0 Å². The van der Waals surface area contributed by atoms with Crippen molar-refractivity contribution in [1.82, 2.24) is 4.98 Å². The lowest BCUT2D eigenvalue weighted by atomic mass is 9.92. The van der Waals surface area contributed by atoms with Crippen molar-refractivity contribution in [2.75, 3.05) is 18.6 Å². The van der Waals surface area contributed by atoms with Crippen LogP contribution in [0.5, 0.6) is 0 Å². The number of anilines is 1. The molecule has 0 spiro atoms. The first kappa shape index (κ1) is 12.4. The second kappa shape index (κ2) is 5.04. The van der Waals surface area contributed by atoms with E-state index in [0.29, 0.717) is 18.3 Å². The number of rotatable bonds is 4. The third-order valence-electron chi connectivity index (χ3n) is 3.18. The lowest BCUT2D eigenvalue weighted by Gasteiger charge is -2.34. The molecule has 1 aliphatic rings. The smallest absolute Gasteiger partial charge is 0.358 e. The van der Waals surface area contributed by atoms with Gasteiger partial charge in [0, 0.05) is 18.0 Å². The summed E-state index contributed by atoms with van der Waals surface area (Å²) >= 11 is 1.57. The van der Waals surface area contributed by atoms with Gasteiger partial charge in [0.2, 0.25) is 0 Å². The second-order valence-electron chi connectivity index (χ2n) is 4.32. The van der Waals surface area contributed by atoms with Crippen LogP contribution >= 0.6 is 11.3 Å². The fourth-order valence-electron chi connectivity index (χ4n) is 1.85. The minimum absolute atomic E-state index is 0.311. The van der Waals surface area contributed by atoms with Gasteiger partial charge in [-0.25, -0.2) is 9.78 Å². The molecule has 0 bridgehead atoms. The number of thiazole rings is 1. The first-order valence-electron chi connectivity index (χ1n) is 6.01. The Hall–Kier alpha value is -1.10. The molecule has 0 N–H and O–H groups in total. The van der Waals surface area contributed by atoms with Gasteiger partial charge in [0.25, 0.3) is 0 Å². The van der Waals surface area contributed by atoms with Gasteiger partial charge in [-0.3, -0.25) is 0 Å². The van der Waals surface area contributed by atoms with E-state index in [-0.39, 0.29) is 5.97 Å². The molecular formula is C12H18N2O2S. The van der Waals surface area contributed by atoms with Gasteiger partial charge in [-0.2, -0.15) is 0 Å². The molecule has 0 aliphatic heterocycles. The molecule has 4 nitrogen and oxygen atoms in total. The molecule has 0 saturated heterocycles. The molecule has 0 unspecified atom stereocenters. The third kappa shape index (κ3) is 2.44. The van der Waals surface area contributed by atoms with Crippen molar-refractivity contribution >= 4 is 22.4 Å². The highest BCUT2D eigenvalue weighted by Crippen LogP contribution is 2.32. The Bertz CT molecular complexity index is 413. The fraction of sp³-hybridized carbons (Fsp3) is 0.667. The van der Waals surface area contributed by atoms with Crippen molar-refractivity contribution in [3.63, 3.8) is 0 Å². The van der Waals surface area contributed by atoms with Crippen LogP contribution in [-0.4, -0.2) is 30.6 Å². The van der Waals surface area contributed by atoms with Crippen LogP contribution in [0, 0.1) is 6.92 Å². The zero-order valence-electron chi connectivity index (χ0n) is 10.5. The van der Waals surface area contributed by atoms with Crippen molar-refractivity contribution in [1.29, 1.82) is 0 Å². The number of hydrogen-bond acceptors (Lipinski definition) is 5. The van der Waals surface area contributed by atoms with Gasteiger partial charge in [-0.15, -0.1) is 11.3 Å². The topological polar surface area (TPSA) is 42.4 Å². The van der Waals surface area contributed by atoms with Crippen LogP contribution < -0.4 is 4.90 Å². The zero-order chi connectivity index (χ0) is 12.4. The molecule has 2 rings (SSSR count). The van der Waals surface area contributed by atoms with Gasteiger partial charge in [0.05, 0.1) is 6.61 Å². The summed E-state index contributed by atoms with van der Waals surface area (Å²) in [5.41, 5.74) is 0.470. The van der Waals surface area contributed by atoms with E-state index >= 15 is 0 Å². The summed E-state index contributed by atoms with van der Waals surface area (Å²) in [6.07, 6.45) is 3.75. The predicted octanol–water partition coefficient (Wildman–Crippen LogP) is 2.62. The van der Waals surface area contributed by atoms with Gasteiger partial charge < -0.3 is 9.64 Å². The summed E-state index contributed by atoms with van der Waals surface area (Å²) in [5, 5.41) is 0.926. The van der Waals surface area contributed by atoms with Gasteiger partial charge in [0.15, 0.2) is 10.8 Å². The zero-order valence-corrected chi connectivity index (χ0v) is 11.3. The maximum Gasteiger partial charge on any atom is 0.358 e. The molecule has 1 aromatic heterocycles. The molecule has 0 radical (unpaired) electrons. The lowest BCUT2D eigenvalue weighted by Crippen LogP contribution is -2.37. The van der Waals surface area contributed by atoms with Gasteiger partial charge >= 0.3 is 5.97 Å². The average Bonchev–Trinajstić information content (AvgIpc) is 2.58. The molecule has 1 fully saturated rings. The van der Waals surface area contributed by atoms with E-state index in [1.54, 1.807) is 18.3 Å². The quantitative estimate of drug-likeness (QED) is 0.775. The largest absolute Gasteiger partial charge is 0.461 e. The summed E-state index contributed by atoms with van der Waals surface area (Å²) < 4.78 is 4.99. The van der Waals surface area contributed by atoms with E-state index in [9.17, 15) is 4.79 Å². The first-order chi connectivity index (χ1) is 8.13. The van der Waals surface area contributed by atoms with E-state index in [1.165, 1.54) is 19.3 Å². The van der Waals surface area contributed by atoms with Gasteiger partial charge in [0.1, 0.15) is 0 Å². The minimum Gasteiger partial charge on any atom is -0.461 e. The Morgan fingerprint density at radius 1 is 1.59 bits per heavy atom. The summed E-state index contributed by atoms with van der Waals surface area (Å²) in [7, 11) is 2.05. The number of hydrogen-bond donors (Lipinski definition) is 0. The normalized spacial score (nSPS) is 15.5. The molecule has 17 heavy (non-hydrogen) atoms. The highest BCUT2D eigenvalue weighted by molar-refractivity contribution is 7.15. The fourth-order valence-corrected chi connectivity index (χ4v) is 2.78. The summed E-state index contributed by atoms with van der Waals surface area (Å²) in [4.78, 5) is 19.2. The lowest BCUT2D eigenvalue weighted by molar-refractivity contribution is 0.0519. The molecule has 0 amide bonds. The highest BCUT2D eigenvalue weighted by atomic mass is 32.1. The van der Waals surface area contributed by atoms with Crippen molar-refractivity contribution in [3.05, 3.63) is 10.6 Å². The Morgan fingerprint density at radius 2 is 2.29 bits per heavy atom. The van der Waals surface area contributed by atoms with Crippen LogP contribution in [0.3, 0.4) is 0 Å². The van der Waals surface area contributed by atoms with Gasteiger partial charge in [-0.05, 0) is 33.1 Å². The molecule has 1 heterocycles.